The molecule has 0 saturated carbocycles. The number of allylic oxidation sites excluding steroid dienone is 2. The second kappa shape index (κ2) is 2.75. The molecule has 0 spiro atoms. The Kier molecular flexibility index (Phi) is 1.76. The van der Waals surface area contributed by atoms with Crippen LogP contribution in [0.5, 0.6) is 0 Å². The molecule has 10 heavy (non-hydrogen) atoms. The zero-order valence-corrected chi connectivity index (χ0v) is 6.34. The van der Waals surface area contributed by atoms with Gasteiger partial charge in [0.05, 0.1) is 0 Å². The van der Waals surface area contributed by atoms with Gasteiger partial charge in [0.15, 0.2) is 0 Å². The lowest BCUT2D eigenvalue weighted by Crippen LogP contribution is -2.37. The van der Waals surface area contributed by atoms with Gasteiger partial charge in [-0.05, 0) is 44.2 Å². The van der Waals surface area contributed by atoms with Crippen molar-refractivity contribution >= 4 is 0 Å². The summed E-state index contributed by atoms with van der Waals surface area (Å²) in [7, 11) is 0. The Balaban J connectivity index is 2.01. The molecule has 1 heteroatoms. The van der Waals surface area contributed by atoms with Crippen LogP contribution in [-0.2, 0) is 0 Å². The Morgan fingerprint density at radius 2 is 1.90 bits per heavy atom. The van der Waals surface area contributed by atoms with Gasteiger partial charge in [0.2, 0.25) is 0 Å². The molecule has 1 N–H and O–H groups in total. The molecule has 2 unspecified atom stereocenters. The van der Waals surface area contributed by atoms with Crippen LogP contribution in [0.3, 0.4) is 0 Å². The smallest absolute Gasteiger partial charge is 0.00148 e. The Morgan fingerprint density at radius 3 is 2.70 bits per heavy atom. The maximum Gasteiger partial charge on any atom is -0.00148 e. The molecule has 0 bridgehead atoms. The lowest BCUT2D eigenvalue weighted by molar-refractivity contribution is 0.248. The van der Waals surface area contributed by atoms with Gasteiger partial charge in [-0.2, -0.15) is 0 Å². The van der Waals surface area contributed by atoms with E-state index in [1.54, 1.807) is 0 Å². The number of rotatable bonds is 0. The van der Waals surface area contributed by atoms with Crippen molar-refractivity contribution in [1.82, 2.24) is 5.32 Å². The first kappa shape index (κ1) is 6.41. The third-order valence-electron chi connectivity index (χ3n) is 2.81. The largest absolute Gasteiger partial charge is 0.316 e. The van der Waals surface area contributed by atoms with Crippen molar-refractivity contribution in [2.24, 2.45) is 11.8 Å². The zero-order valence-electron chi connectivity index (χ0n) is 6.34. The molecule has 1 aliphatic heterocycles. The summed E-state index contributed by atoms with van der Waals surface area (Å²) in [5.74, 6) is 1.96. The normalized spacial score (nSPS) is 39.2. The van der Waals surface area contributed by atoms with E-state index in [1.807, 2.05) is 0 Å². The van der Waals surface area contributed by atoms with Crippen molar-refractivity contribution in [1.29, 1.82) is 0 Å². The first-order valence-corrected chi connectivity index (χ1v) is 4.32. The molecule has 0 aromatic rings. The van der Waals surface area contributed by atoms with Crippen molar-refractivity contribution in [2.75, 3.05) is 13.1 Å². The van der Waals surface area contributed by atoms with Gasteiger partial charge in [-0.15, -0.1) is 0 Å². The van der Waals surface area contributed by atoms with Crippen LogP contribution in [0.4, 0.5) is 0 Å². The van der Waals surface area contributed by atoms with E-state index in [1.165, 1.54) is 32.4 Å². The first-order chi connectivity index (χ1) is 4.97. The summed E-state index contributed by atoms with van der Waals surface area (Å²) < 4.78 is 0. The van der Waals surface area contributed by atoms with E-state index in [0.29, 0.717) is 0 Å². The van der Waals surface area contributed by atoms with Crippen LogP contribution in [0.1, 0.15) is 19.3 Å². The quantitative estimate of drug-likeness (QED) is 0.500. The maximum absolute atomic E-state index is 3.45. The molecule has 2 aliphatic rings. The molecule has 1 aliphatic carbocycles. The number of hydrogen-bond acceptors (Lipinski definition) is 1. The summed E-state index contributed by atoms with van der Waals surface area (Å²) >= 11 is 0. The summed E-state index contributed by atoms with van der Waals surface area (Å²) in [5, 5.41) is 3.45. The molecule has 0 radical (unpaired) electrons. The zero-order chi connectivity index (χ0) is 6.81. The second-order valence-electron chi connectivity index (χ2n) is 3.46. The van der Waals surface area contributed by atoms with Crippen molar-refractivity contribution in [3.8, 4) is 0 Å². The molecule has 1 heterocycles. The SMILES string of the molecule is C1=CCC2CNCCC2C1. The van der Waals surface area contributed by atoms with Crippen molar-refractivity contribution in [3.63, 3.8) is 0 Å². The summed E-state index contributed by atoms with van der Waals surface area (Å²) in [5.41, 5.74) is 0. The minimum absolute atomic E-state index is 0.957. The highest BCUT2D eigenvalue weighted by molar-refractivity contribution is 4.96. The number of fused-ring (bicyclic) bond motifs is 1. The topological polar surface area (TPSA) is 12.0 Å². The van der Waals surface area contributed by atoms with Gasteiger partial charge in [0, 0.05) is 0 Å². The molecule has 56 valence electrons. The minimum Gasteiger partial charge on any atom is -0.316 e. The van der Waals surface area contributed by atoms with Crippen LogP contribution in [0.25, 0.3) is 0 Å². The van der Waals surface area contributed by atoms with Gasteiger partial charge in [-0.25, -0.2) is 0 Å². The van der Waals surface area contributed by atoms with E-state index in [2.05, 4.69) is 17.5 Å². The highest BCUT2D eigenvalue weighted by Gasteiger charge is 2.24. The fourth-order valence-electron chi connectivity index (χ4n) is 2.11. The van der Waals surface area contributed by atoms with E-state index >= 15 is 0 Å². The lowest BCUT2D eigenvalue weighted by atomic mass is 9.79. The van der Waals surface area contributed by atoms with Gasteiger partial charge >= 0.3 is 0 Å². The first-order valence-electron chi connectivity index (χ1n) is 4.32. The van der Waals surface area contributed by atoms with Gasteiger partial charge in [0.1, 0.15) is 0 Å². The van der Waals surface area contributed by atoms with E-state index in [-0.39, 0.29) is 0 Å². The van der Waals surface area contributed by atoms with Crippen molar-refractivity contribution < 1.29 is 0 Å². The minimum atomic E-state index is 0.957. The van der Waals surface area contributed by atoms with Crippen molar-refractivity contribution in [2.45, 2.75) is 19.3 Å². The number of piperidine rings is 1. The van der Waals surface area contributed by atoms with Crippen LogP contribution in [0.15, 0.2) is 12.2 Å². The molecule has 2 rings (SSSR count). The molecule has 0 amide bonds. The highest BCUT2D eigenvalue weighted by atomic mass is 14.9. The maximum atomic E-state index is 3.45. The van der Waals surface area contributed by atoms with Crippen molar-refractivity contribution in [3.05, 3.63) is 12.2 Å². The van der Waals surface area contributed by atoms with Crippen LogP contribution in [0, 0.1) is 11.8 Å². The predicted molar refractivity (Wildman–Crippen MR) is 42.8 cm³/mol. The predicted octanol–water partition coefficient (Wildman–Crippen LogP) is 1.56. The Labute approximate surface area is 62.5 Å². The molecule has 0 aromatic carbocycles. The third-order valence-corrected chi connectivity index (χ3v) is 2.81. The highest BCUT2D eigenvalue weighted by Crippen LogP contribution is 2.29. The van der Waals surface area contributed by atoms with E-state index in [4.69, 9.17) is 0 Å². The average Bonchev–Trinajstić information content (AvgIpc) is 2.05. The van der Waals surface area contributed by atoms with Gasteiger partial charge in [-0.1, -0.05) is 12.2 Å². The second-order valence-corrected chi connectivity index (χ2v) is 3.46. The summed E-state index contributed by atoms with van der Waals surface area (Å²) in [6, 6.07) is 0. The van der Waals surface area contributed by atoms with Crippen LogP contribution in [0.2, 0.25) is 0 Å². The van der Waals surface area contributed by atoms with Gasteiger partial charge < -0.3 is 5.32 Å². The molecular weight excluding hydrogens is 122 g/mol. The monoisotopic (exact) mass is 137 g/mol. The van der Waals surface area contributed by atoms with Gasteiger partial charge in [0.25, 0.3) is 0 Å². The summed E-state index contributed by atoms with van der Waals surface area (Å²) in [4.78, 5) is 0. The average molecular weight is 137 g/mol. The van der Waals surface area contributed by atoms with E-state index in [9.17, 15) is 0 Å². The molecule has 0 aromatic heterocycles. The van der Waals surface area contributed by atoms with Crippen LogP contribution >= 0.6 is 0 Å². The number of nitrogens with one attached hydrogen (secondary N) is 1. The van der Waals surface area contributed by atoms with Crippen LogP contribution in [-0.4, -0.2) is 13.1 Å². The molecular formula is C9H15N. The molecule has 2 atom stereocenters. The molecule has 1 saturated heterocycles. The standard InChI is InChI=1S/C9H15N/c1-2-4-9-7-10-6-5-8(9)3-1/h1-2,8-10H,3-7H2. The fourth-order valence-corrected chi connectivity index (χ4v) is 2.11. The summed E-state index contributed by atoms with van der Waals surface area (Å²) in [6.45, 7) is 2.50. The van der Waals surface area contributed by atoms with E-state index < -0.39 is 0 Å². The molecule has 1 fully saturated rings. The molecule has 1 nitrogen and oxygen atoms in total. The Bertz CT molecular complexity index is 124. The van der Waals surface area contributed by atoms with Gasteiger partial charge in [-0.3, -0.25) is 0 Å². The number of hydrogen-bond donors (Lipinski definition) is 1. The third kappa shape index (κ3) is 1.10. The van der Waals surface area contributed by atoms with Crippen LogP contribution < -0.4 is 5.32 Å². The Morgan fingerprint density at radius 1 is 1.10 bits per heavy atom. The van der Waals surface area contributed by atoms with E-state index in [0.717, 1.165) is 11.8 Å². The summed E-state index contributed by atoms with van der Waals surface area (Å²) in [6.07, 6.45) is 8.75. The lowest BCUT2D eigenvalue weighted by Gasteiger charge is -2.33. The Hall–Kier alpha value is -0.300. The fraction of sp³-hybridized carbons (Fsp3) is 0.778.